The number of rotatable bonds is 11. The molecule has 6 nitrogen and oxygen atoms in total. The number of nitrogens with zero attached hydrogens (tertiary/aromatic N) is 1. The van der Waals surface area contributed by atoms with E-state index in [0.29, 0.717) is 53.2 Å². The van der Waals surface area contributed by atoms with Crippen molar-refractivity contribution in [3.63, 3.8) is 0 Å². The van der Waals surface area contributed by atoms with Crippen LogP contribution in [0, 0.1) is 0 Å². The van der Waals surface area contributed by atoms with Gasteiger partial charge in [0.25, 0.3) is 5.91 Å². The summed E-state index contributed by atoms with van der Waals surface area (Å²) in [5.74, 6) is 1.24. The normalized spacial score (nSPS) is 10.7. The maximum absolute atomic E-state index is 12.6. The van der Waals surface area contributed by atoms with Crippen LogP contribution in [0.25, 0.3) is 0 Å². The van der Waals surface area contributed by atoms with Crippen LogP contribution in [-0.2, 0) is 6.61 Å². The average molecular weight is 544 g/mol. The lowest BCUT2D eigenvalue weighted by Crippen LogP contribution is -2.18. The van der Waals surface area contributed by atoms with Gasteiger partial charge in [-0.05, 0) is 61.0 Å². The molecule has 0 aromatic heterocycles. The molecule has 8 heteroatoms. The third-order valence-electron chi connectivity index (χ3n) is 4.49. The number of hydrazone groups is 1. The van der Waals surface area contributed by atoms with Crippen molar-refractivity contribution in [2.75, 3.05) is 13.2 Å². The second-order valence-corrected chi connectivity index (χ2v) is 8.35. The topological polar surface area (TPSA) is 69.2 Å². The van der Waals surface area contributed by atoms with Crippen LogP contribution in [0.1, 0.15) is 28.4 Å². The lowest BCUT2D eigenvalue weighted by molar-refractivity contribution is 0.0954. The van der Waals surface area contributed by atoms with Gasteiger partial charge >= 0.3 is 0 Å². The van der Waals surface area contributed by atoms with Crippen molar-refractivity contribution in [1.29, 1.82) is 0 Å². The first-order valence-corrected chi connectivity index (χ1v) is 11.7. The Hall–Kier alpha value is -3.29. The van der Waals surface area contributed by atoms with E-state index in [0.717, 1.165) is 10.0 Å². The maximum atomic E-state index is 12.6. The second kappa shape index (κ2) is 12.8. The molecule has 0 atom stereocenters. The van der Waals surface area contributed by atoms with Crippen LogP contribution in [0.4, 0.5) is 0 Å². The van der Waals surface area contributed by atoms with Crippen LogP contribution in [0.3, 0.4) is 0 Å². The lowest BCUT2D eigenvalue weighted by atomic mass is 10.2. The summed E-state index contributed by atoms with van der Waals surface area (Å²) >= 11 is 9.50. The minimum atomic E-state index is -0.385. The average Bonchev–Trinajstić information content (AvgIpc) is 2.83. The van der Waals surface area contributed by atoms with Crippen molar-refractivity contribution in [3.8, 4) is 17.2 Å². The van der Waals surface area contributed by atoms with Gasteiger partial charge in [0.2, 0.25) is 0 Å². The smallest absolute Gasteiger partial charge is 0.271 e. The van der Waals surface area contributed by atoms with Gasteiger partial charge in [-0.2, -0.15) is 5.10 Å². The first-order chi connectivity index (χ1) is 16.5. The molecule has 0 heterocycles. The summed E-state index contributed by atoms with van der Waals surface area (Å²) in [6.45, 7) is 6.61. The summed E-state index contributed by atoms with van der Waals surface area (Å²) < 4.78 is 18.0. The number of benzene rings is 3. The summed E-state index contributed by atoms with van der Waals surface area (Å²) in [6.07, 6.45) is 3.17. The molecular formula is C26H24BrClN2O4. The fourth-order valence-corrected chi connectivity index (χ4v) is 3.54. The summed E-state index contributed by atoms with van der Waals surface area (Å²) in [4.78, 5) is 12.6. The SMILES string of the molecule is C=CCOc1ccc(C(=O)N/N=C/c2cc(Br)ccc2OCc2cccc(Cl)c2)cc1OCC. The maximum Gasteiger partial charge on any atom is 0.271 e. The number of hydrogen-bond acceptors (Lipinski definition) is 5. The fraction of sp³-hybridized carbons (Fsp3) is 0.154. The quantitative estimate of drug-likeness (QED) is 0.172. The molecule has 1 N–H and O–H groups in total. The third-order valence-corrected chi connectivity index (χ3v) is 5.22. The predicted molar refractivity (Wildman–Crippen MR) is 138 cm³/mol. The molecule has 3 aromatic carbocycles. The van der Waals surface area contributed by atoms with E-state index in [1.165, 1.54) is 6.21 Å². The fourth-order valence-electron chi connectivity index (χ4n) is 2.95. The predicted octanol–water partition coefficient (Wildman–Crippen LogP) is 6.41. The minimum Gasteiger partial charge on any atom is -0.490 e. The van der Waals surface area contributed by atoms with E-state index in [2.05, 4.69) is 33.0 Å². The van der Waals surface area contributed by atoms with Gasteiger partial charge in [0.15, 0.2) is 11.5 Å². The van der Waals surface area contributed by atoms with Crippen LogP contribution in [0.5, 0.6) is 17.2 Å². The van der Waals surface area contributed by atoms with Gasteiger partial charge in [-0.15, -0.1) is 0 Å². The zero-order valence-corrected chi connectivity index (χ0v) is 20.9. The van der Waals surface area contributed by atoms with Gasteiger partial charge < -0.3 is 14.2 Å². The number of amides is 1. The van der Waals surface area contributed by atoms with E-state index in [4.69, 9.17) is 25.8 Å². The molecule has 0 radical (unpaired) electrons. The summed E-state index contributed by atoms with van der Waals surface area (Å²) in [5, 5.41) is 4.75. The third kappa shape index (κ3) is 7.37. The highest BCUT2D eigenvalue weighted by Crippen LogP contribution is 2.28. The molecule has 0 aliphatic carbocycles. The number of nitrogens with one attached hydrogen (secondary N) is 1. The van der Waals surface area contributed by atoms with Crippen LogP contribution < -0.4 is 19.6 Å². The highest BCUT2D eigenvalue weighted by Gasteiger charge is 2.11. The van der Waals surface area contributed by atoms with Crippen LogP contribution in [-0.4, -0.2) is 25.3 Å². The number of carbonyl (C=O) groups excluding carboxylic acids is 1. The van der Waals surface area contributed by atoms with E-state index in [-0.39, 0.29) is 5.91 Å². The number of carbonyl (C=O) groups is 1. The highest BCUT2D eigenvalue weighted by molar-refractivity contribution is 9.10. The van der Waals surface area contributed by atoms with Gasteiger partial charge in [0.05, 0.1) is 12.8 Å². The molecular weight excluding hydrogens is 520 g/mol. The largest absolute Gasteiger partial charge is 0.490 e. The molecule has 0 fully saturated rings. The number of hydrogen-bond donors (Lipinski definition) is 1. The zero-order valence-electron chi connectivity index (χ0n) is 18.6. The Morgan fingerprint density at radius 1 is 1.06 bits per heavy atom. The molecule has 34 heavy (non-hydrogen) atoms. The Bertz CT molecular complexity index is 1180. The van der Waals surface area contributed by atoms with Crippen molar-refractivity contribution >= 4 is 39.7 Å². The van der Waals surface area contributed by atoms with Crippen LogP contribution in [0.2, 0.25) is 5.02 Å². The Balaban J connectivity index is 1.69. The standard InChI is InChI=1S/C26H24BrClN2O4/c1-3-12-33-24-10-8-19(15-25(24)32-4-2)26(31)30-29-16-20-14-21(27)9-11-23(20)34-17-18-6-5-7-22(28)13-18/h3,5-11,13-16H,1,4,12,17H2,2H3,(H,30,31)/b29-16+. The molecule has 0 aliphatic heterocycles. The molecule has 3 aromatic rings. The Labute approximate surface area is 212 Å². The molecule has 0 aliphatic rings. The Kier molecular flexibility index (Phi) is 9.55. The monoisotopic (exact) mass is 542 g/mol. The summed E-state index contributed by atoms with van der Waals surface area (Å²) in [6, 6.07) is 17.9. The number of ether oxygens (including phenoxy) is 3. The van der Waals surface area contributed by atoms with Crippen molar-refractivity contribution in [3.05, 3.63) is 99.5 Å². The van der Waals surface area contributed by atoms with Gasteiger partial charge in [-0.3, -0.25) is 4.79 Å². The van der Waals surface area contributed by atoms with Crippen molar-refractivity contribution in [1.82, 2.24) is 5.43 Å². The van der Waals surface area contributed by atoms with Gasteiger partial charge in [0, 0.05) is 20.6 Å². The van der Waals surface area contributed by atoms with Gasteiger partial charge in [0.1, 0.15) is 19.0 Å². The first kappa shape index (κ1) is 25.3. The Morgan fingerprint density at radius 3 is 2.65 bits per heavy atom. The summed E-state index contributed by atoms with van der Waals surface area (Å²) in [5.41, 5.74) is 4.56. The van der Waals surface area contributed by atoms with Crippen LogP contribution in [0.15, 0.2) is 82.9 Å². The molecule has 0 unspecified atom stereocenters. The zero-order chi connectivity index (χ0) is 24.3. The van der Waals surface area contributed by atoms with Gasteiger partial charge in [-0.25, -0.2) is 5.43 Å². The van der Waals surface area contributed by atoms with E-state index in [1.807, 2.05) is 49.4 Å². The van der Waals surface area contributed by atoms with E-state index >= 15 is 0 Å². The highest BCUT2D eigenvalue weighted by atomic mass is 79.9. The molecule has 1 amide bonds. The Morgan fingerprint density at radius 2 is 1.88 bits per heavy atom. The lowest BCUT2D eigenvalue weighted by Gasteiger charge is -2.12. The molecule has 0 saturated carbocycles. The van der Waals surface area contributed by atoms with Crippen molar-refractivity contribution < 1.29 is 19.0 Å². The molecule has 0 spiro atoms. The first-order valence-electron chi connectivity index (χ1n) is 10.5. The van der Waals surface area contributed by atoms with Crippen molar-refractivity contribution in [2.24, 2.45) is 5.10 Å². The van der Waals surface area contributed by atoms with E-state index < -0.39 is 0 Å². The molecule has 0 saturated heterocycles. The summed E-state index contributed by atoms with van der Waals surface area (Å²) in [7, 11) is 0. The van der Waals surface area contributed by atoms with Gasteiger partial charge in [-0.1, -0.05) is 52.3 Å². The molecule has 176 valence electrons. The second-order valence-electron chi connectivity index (χ2n) is 6.99. The van der Waals surface area contributed by atoms with E-state index in [9.17, 15) is 4.79 Å². The van der Waals surface area contributed by atoms with E-state index in [1.54, 1.807) is 24.3 Å². The van der Waals surface area contributed by atoms with Crippen molar-refractivity contribution in [2.45, 2.75) is 13.5 Å². The molecule has 0 bridgehead atoms. The molecule has 3 rings (SSSR count). The number of halogens is 2. The van der Waals surface area contributed by atoms with Crippen LogP contribution >= 0.6 is 27.5 Å². The minimum absolute atomic E-state index is 0.338.